The zero-order chi connectivity index (χ0) is 35.6. The Morgan fingerprint density at radius 1 is 0.694 bits per heavy atom. The highest BCUT2D eigenvalue weighted by Gasteiger charge is 2.68. The van der Waals surface area contributed by atoms with Crippen LogP contribution in [0.1, 0.15) is 223 Å². The normalized spacial score (nSPS) is 39.2. The molecule has 5 aliphatic rings. The van der Waals surface area contributed by atoms with Gasteiger partial charge in [-0.15, -0.1) is 0 Å². The van der Waals surface area contributed by atoms with Gasteiger partial charge in [0.05, 0.1) is 0 Å². The smallest absolute Gasteiger partial charge is 0.306 e. The lowest BCUT2D eigenvalue weighted by molar-refractivity contribution is -0.213. The van der Waals surface area contributed by atoms with E-state index in [0.717, 1.165) is 24.7 Å². The van der Waals surface area contributed by atoms with Crippen LogP contribution in [-0.2, 0) is 9.53 Å². The van der Waals surface area contributed by atoms with Crippen molar-refractivity contribution < 1.29 is 9.53 Å². The molecule has 5 rings (SSSR count). The topological polar surface area (TPSA) is 26.3 Å². The van der Waals surface area contributed by atoms with Crippen molar-refractivity contribution >= 4 is 5.97 Å². The molecule has 0 aliphatic heterocycles. The Kier molecular flexibility index (Phi) is 12.6. The number of carbonyl (C=O) groups is 1. The molecule has 0 aromatic heterocycles. The summed E-state index contributed by atoms with van der Waals surface area (Å²) in [6, 6.07) is 0. The zero-order valence-electron chi connectivity index (χ0n) is 34.4. The Morgan fingerprint density at radius 2 is 1.29 bits per heavy atom. The summed E-state index contributed by atoms with van der Waals surface area (Å²) in [6.45, 7) is 23.0. The monoisotopic (exact) mass is 679 g/mol. The number of ether oxygens (including phenoxy) is 1. The van der Waals surface area contributed by atoms with Crippen LogP contribution in [0.15, 0.2) is 11.6 Å². The van der Waals surface area contributed by atoms with Crippen molar-refractivity contribution in [2.45, 2.75) is 229 Å². The van der Waals surface area contributed by atoms with Crippen LogP contribution in [0.2, 0.25) is 0 Å². The summed E-state index contributed by atoms with van der Waals surface area (Å²) < 4.78 is 6.43. The average molecular weight is 679 g/mol. The summed E-state index contributed by atoms with van der Waals surface area (Å²) in [5.74, 6) is 2.19. The molecule has 0 spiro atoms. The number of esters is 1. The first kappa shape index (κ1) is 39.4. The molecule has 49 heavy (non-hydrogen) atoms. The minimum absolute atomic E-state index is 0.0300. The summed E-state index contributed by atoms with van der Waals surface area (Å²) in [5.41, 5.74) is 3.93. The predicted molar refractivity (Wildman–Crippen MR) is 210 cm³/mol. The second-order valence-corrected chi connectivity index (χ2v) is 20.8. The van der Waals surface area contributed by atoms with E-state index in [1.807, 2.05) is 5.57 Å². The summed E-state index contributed by atoms with van der Waals surface area (Å²) in [7, 11) is 0. The number of hydrogen-bond acceptors (Lipinski definition) is 2. The van der Waals surface area contributed by atoms with Gasteiger partial charge in [-0.3, -0.25) is 4.79 Å². The molecule has 0 aromatic rings. The third-order valence-electron chi connectivity index (χ3n) is 17.2. The number of rotatable bonds is 16. The maximum absolute atomic E-state index is 13.2. The summed E-state index contributed by atoms with van der Waals surface area (Å²) in [5, 5.41) is 0. The number of carbonyl (C=O) groups excluding carboxylic acids is 1. The highest BCUT2D eigenvalue weighted by molar-refractivity contribution is 5.69. The highest BCUT2D eigenvalue weighted by Crippen LogP contribution is 2.76. The lowest BCUT2D eigenvalue weighted by Gasteiger charge is -2.71. The van der Waals surface area contributed by atoms with Gasteiger partial charge in [0.1, 0.15) is 6.10 Å². The Bertz CT molecular complexity index is 1130. The second-order valence-electron chi connectivity index (χ2n) is 20.8. The fraction of sp³-hybridized carbons (Fsp3) is 0.936. The highest BCUT2D eigenvalue weighted by atomic mass is 16.5. The second kappa shape index (κ2) is 15.7. The third kappa shape index (κ3) is 7.66. The molecule has 0 heterocycles. The van der Waals surface area contributed by atoms with Gasteiger partial charge in [0, 0.05) is 11.8 Å². The van der Waals surface area contributed by atoms with Crippen LogP contribution in [0.25, 0.3) is 0 Å². The molecule has 4 fully saturated rings. The Labute approximate surface area is 305 Å². The molecular formula is C47H82O2. The minimum Gasteiger partial charge on any atom is -0.462 e. The first-order valence-corrected chi connectivity index (χ1v) is 22.1. The SMILES string of the molecule is CCCCCCCCCCCCCCCC(=O)O[C@H]1CC[C@]2(C)[C@H]3CC=C4[C@@H]5CC(C)(C)CC[C@]5(CC)CC[C@@]4(C)[C@]3(C)CC[C@H]2C1(C)C. The van der Waals surface area contributed by atoms with Crippen molar-refractivity contribution in [3.8, 4) is 0 Å². The van der Waals surface area contributed by atoms with Gasteiger partial charge in [-0.2, -0.15) is 0 Å². The zero-order valence-corrected chi connectivity index (χ0v) is 34.4. The van der Waals surface area contributed by atoms with Gasteiger partial charge in [0.2, 0.25) is 0 Å². The molecule has 2 nitrogen and oxygen atoms in total. The first-order chi connectivity index (χ1) is 23.2. The molecular weight excluding hydrogens is 597 g/mol. The number of allylic oxidation sites excluding steroid dienone is 2. The van der Waals surface area contributed by atoms with E-state index in [1.165, 1.54) is 141 Å². The summed E-state index contributed by atoms with van der Waals surface area (Å²) >= 11 is 0. The van der Waals surface area contributed by atoms with E-state index < -0.39 is 0 Å². The standard InChI is InChI=1S/C47H82O2/c1-10-12-13-14-15-16-17-18-19-20-21-22-23-24-41(48)49-40-28-29-44(7)38(43(40,5)6)27-30-46(9)39(44)26-25-36-37-35-42(3,4)31-33-47(37,11-2)34-32-45(36,46)8/h25,37-40H,10-24,26-35H2,1-9H3/t37-,38-,39+,40-,44-,45+,46+,47+/m0/s1. The van der Waals surface area contributed by atoms with Crippen LogP contribution in [0.5, 0.6) is 0 Å². The number of hydrogen-bond donors (Lipinski definition) is 0. The molecule has 282 valence electrons. The fourth-order valence-electron chi connectivity index (χ4n) is 13.7. The van der Waals surface area contributed by atoms with E-state index in [1.54, 1.807) is 0 Å². The lowest BCUT2D eigenvalue weighted by atomic mass is 9.33. The quantitative estimate of drug-likeness (QED) is 0.0922. The maximum Gasteiger partial charge on any atom is 0.306 e. The predicted octanol–water partition coefficient (Wildman–Crippen LogP) is 14.6. The molecule has 0 amide bonds. The van der Waals surface area contributed by atoms with Gasteiger partial charge in [-0.25, -0.2) is 0 Å². The molecule has 5 aliphatic carbocycles. The van der Waals surface area contributed by atoms with Crippen molar-refractivity contribution in [3.05, 3.63) is 11.6 Å². The van der Waals surface area contributed by atoms with E-state index in [9.17, 15) is 4.79 Å². The van der Waals surface area contributed by atoms with E-state index >= 15 is 0 Å². The van der Waals surface area contributed by atoms with E-state index in [-0.39, 0.29) is 17.5 Å². The molecule has 0 radical (unpaired) electrons. The van der Waals surface area contributed by atoms with Crippen LogP contribution >= 0.6 is 0 Å². The van der Waals surface area contributed by atoms with Gasteiger partial charge >= 0.3 is 5.97 Å². The van der Waals surface area contributed by atoms with Crippen LogP contribution in [0.3, 0.4) is 0 Å². The van der Waals surface area contributed by atoms with E-state index in [2.05, 4.69) is 68.4 Å². The number of unbranched alkanes of at least 4 members (excludes halogenated alkanes) is 12. The number of fused-ring (bicyclic) bond motifs is 7. The van der Waals surface area contributed by atoms with Crippen LogP contribution in [0, 0.1) is 50.2 Å². The molecule has 0 unspecified atom stereocenters. The Hall–Kier alpha value is -0.790. The molecule has 4 saturated carbocycles. The third-order valence-corrected chi connectivity index (χ3v) is 17.2. The average Bonchev–Trinajstić information content (AvgIpc) is 3.05. The summed E-state index contributed by atoms with van der Waals surface area (Å²) in [4.78, 5) is 13.2. The van der Waals surface area contributed by atoms with Gasteiger partial charge in [-0.05, 0) is 122 Å². The molecule has 2 heteroatoms. The molecule has 0 N–H and O–H groups in total. The maximum atomic E-state index is 13.2. The molecule has 8 atom stereocenters. The van der Waals surface area contributed by atoms with Crippen LogP contribution < -0.4 is 0 Å². The molecule has 0 bridgehead atoms. The Morgan fingerprint density at radius 3 is 1.90 bits per heavy atom. The Balaban J connectivity index is 1.13. The molecule has 0 saturated heterocycles. The van der Waals surface area contributed by atoms with Crippen molar-refractivity contribution in [1.82, 2.24) is 0 Å². The van der Waals surface area contributed by atoms with Gasteiger partial charge in [0.15, 0.2) is 0 Å². The van der Waals surface area contributed by atoms with Crippen LogP contribution in [-0.4, -0.2) is 12.1 Å². The summed E-state index contributed by atoms with van der Waals surface area (Å²) in [6.07, 6.45) is 35.5. The van der Waals surface area contributed by atoms with Gasteiger partial charge in [-0.1, -0.05) is 151 Å². The van der Waals surface area contributed by atoms with Crippen molar-refractivity contribution in [1.29, 1.82) is 0 Å². The largest absolute Gasteiger partial charge is 0.462 e. The van der Waals surface area contributed by atoms with E-state index in [0.29, 0.717) is 39.4 Å². The van der Waals surface area contributed by atoms with Crippen molar-refractivity contribution in [3.63, 3.8) is 0 Å². The first-order valence-electron chi connectivity index (χ1n) is 22.1. The van der Waals surface area contributed by atoms with Crippen molar-refractivity contribution in [2.75, 3.05) is 0 Å². The van der Waals surface area contributed by atoms with Gasteiger partial charge in [0.25, 0.3) is 0 Å². The van der Waals surface area contributed by atoms with E-state index in [4.69, 9.17) is 4.74 Å². The van der Waals surface area contributed by atoms with Crippen LogP contribution in [0.4, 0.5) is 0 Å². The minimum atomic E-state index is 0.0300. The fourth-order valence-corrected chi connectivity index (χ4v) is 13.7. The van der Waals surface area contributed by atoms with Crippen molar-refractivity contribution in [2.24, 2.45) is 50.2 Å². The van der Waals surface area contributed by atoms with Gasteiger partial charge < -0.3 is 4.74 Å². The molecule has 0 aromatic carbocycles. The lowest BCUT2D eigenvalue weighted by Crippen LogP contribution is -2.64.